The predicted octanol–water partition coefficient (Wildman–Crippen LogP) is 2.04. The first-order valence-corrected chi connectivity index (χ1v) is 6.62. The summed E-state index contributed by atoms with van der Waals surface area (Å²) in [5.41, 5.74) is 0.873. The Morgan fingerprint density at radius 3 is 3.11 bits per heavy atom. The second-order valence-electron chi connectivity index (χ2n) is 4.97. The van der Waals surface area contributed by atoms with E-state index in [2.05, 4.69) is 4.98 Å². The number of aromatic nitrogens is 1. The van der Waals surface area contributed by atoms with E-state index in [0.717, 1.165) is 37.8 Å². The Morgan fingerprint density at radius 1 is 1.63 bits per heavy atom. The minimum absolute atomic E-state index is 0.0795. The lowest BCUT2D eigenvalue weighted by atomic mass is 10.1. The number of aliphatic hydroxyl groups is 1. The quantitative estimate of drug-likeness (QED) is 0.651. The SMILES string of the molecule is Cc1cnc(N2CCCC2CCCO)c([N+](=O)[O-])c1. The Hall–Kier alpha value is -1.69. The van der Waals surface area contributed by atoms with Crippen LogP contribution >= 0.6 is 0 Å². The summed E-state index contributed by atoms with van der Waals surface area (Å²) in [6.07, 6.45) is 5.27. The molecule has 6 heteroatoms. The molecular weight excluding hydrogens is 246 g/mol. The third-order valence-corrected chi connectivity index (χ3v) is 3.53. The van der Waals surface area contributed by atoms with Gasteiger partial charge in [0.1, 0.15) is 0 Å². The highest BCUT2D eigenvalue weighted by atomic mass is 16.6. The van der Waals surface area contributed by atoms with Gasteiger partial charge in [-0.25, -0.2) is 4.98 Å². The minimum Gasteiger partial charge on any atom is -0.396 e. The molecule has 0 amide bonds. The molecule has 1 atom stereocenters. The average molecular weight is 265 g/mol. The number of nitrogens with zero attached hydrogens (tertiary/aromatic N) is 3. The number of pyridine rings is 1. The molecule has 1 unspecified atom stereocenters. The fourth-order valence-electron chi connectivity index (χ4n) is 2.64. The molecule has 1 saturated heterocycles. The maximum absolute atomic E-state index is 11.2. The van der Waals surface area contributed by atoms with Gasteiger partial charge >= 0.3 is 5.69 Å². The Bertz CT molecular complexity index is 464. The lowest BCUT2D eigenvalue weighted by molar-refractivity contribution is -0.384. The van der Waals surface area contributed by atoms with Crippen molar-refractivity contribution < 1.29 is 10.0 Å². The van der Waals surface area contributed by atoms with Gasteiger partial charge in [0.25, 0.3) is 0 Å². The van der Waals surface area contributed by atoms with Crippen LogP contribution in [-0.2, 0) is 0 Å². The van der Waals surface area contributed by atoms with Crippen LogP contribution in [0.5, 0.6) is 0 Å². The molecule has 1 fully saturated rings. The van der Waals surface area contributed by atoms with Gasteiger partial charge < -0.3 is 10.0 Å². The molecule has 1 N–H and O–H groups in total. The first-order chi connectivity index (χ1) is 9.13. The molecule has 2 heterocycles. The molecule has 0 saturated carbocycles. The van der Waals surface area contributed by atoms with E-state index in [1.165, 1.54) is 0 Å². The van der Waals surface area contributed by atoms with Crippen molar-refractivity contribution in [3.05, 3.63) is 27.9 Å². The summed E-state index contributed by atoms with van der Waals surface area (Å²) >= 11 is 0. The van der Waals surface area contributed by atoms with Gasteiger partial charge in [-0.3, -0.25) is 10.1 Å². The van der Waals surface area contributed by atoms with Gasteiger partial charge in [0, 0.05) is 31.5 Å². The van der Waals surface area contributed by atoms with Crippen LogP contribution in [0, 0.1) is 17.0 Å². The molecule has 0 bridgehead atoms. The van der Waals surface area contributed by atoms with Crippen LogP contribution in [0.1, 0.15) is 31.2 Å². The number of rotatable bonds is 5. The van der Waals surface area contributed by atoms with E-state index in [4.69, 9.17) is 5.11 Å². The topological polar surface area (TPSA) is 79.5 Å². The second-order valence-corrected chi connectivity index (χ2v) is 4.97. The van der Waals surface area contributed by atoms with Crippen LogP contribution in [0.2, 0.25) is 0 Å². The normalized spacial score (nSPS) is 18.8. The zero-order chi connectivity index (χ0) is 13.8. The second kappa shape index (κ2) is 5.97. The smallest absolute Gasteiger partial charge is 0.311 e. The first-order valence-electron chi connectivity index (χ1n) is 6.62. The molecule has 0 radical (unpaired) electrons. The lowest BCUT2D eigenvalue weighted by Gasteiger charge is -2.25. The van der Waals surface area contributed by atoms with Crippen molar-refractivity contribution in [2.75, 3.05) is 18.1 Å². The zero-order valence-electron chi connectivity index (χ0n) is 11.1. The largest absolute Gasteiger partial charge is 0.396 e. The average Bonchev–Trinajstić information content (AvgIpc) is 2.84. The molecular formula is C13H19N3O3. The fourth-order valence-corrected chi connectivity index (χ4v) is 2.64. The number of aliphatic hydroxyl groups excluding tert-OH is 1. The van der Waals surface area contributed by atoms with Gasteiger partial charge in [0.05, 0.1) is 4.92 Å². The fraction of sp³-hybridized carbons (Fsp3) is 0.615. The molecule has 1 aliphatic heterocycles. The third kappa shape index (κ3) is 3.01. The number of nitro groups is 1. The third-order valence-electron chi connectivity index (χ3n) is 3.53. The standard InChI is InChI=1S/C13H19N3O3/c1-10-8-12(16(18)19)13(14-9-10)15-6-2-4-11(15)5-3-7-17/h8-9,11,17H,2-7H2,1H3. The maximum Gasteiger partial charge on any atom is 0.311 e. The summed E-state index contributed by atoms with van der Waals surface area (Å²) in [5, 5.41) is 20.1. The highest BCUT2D eigenvalue weighted by molar-refractivity contribution is 5.59. The van der Waals surface area contributed by atoms with E-state index in [-0.39, 0.29) is 23.3 Å². The van der Waals surface area contributed by atoms with Gasteiger partial charge in [-0.1, -0.05) is 0 Å². The minimum atomic E-state index is -0.364. The molecule has 1 aliphatic rings. The highest BCUT2D eigenvalue weighted by Crippen LogP contribution is 2.33. The summed E-state index contributed by atoms with van der Waals surface area (Å²) in [6.45, 7) is 2.76. The van der Waals surface area contributed by atoms with Crippen LogP contribution in [0.25, 0.3) is 0 Å². The van der Waals surface area contributed by atoms with Crippen molar-refractivity contribution in [3.63, 3.8) is 0 Å². The Labute approximate surface area is 112 Å². The summed E-state index contributed by atoms with van der Waals surface area (Å²) < 4.78 is 0. The number of anilines is 1. The maximum atomic E-state index is 11.2. The monoisotopic (exact) mass is 265 g/mol. The van der Waals surface area contributed by atoms with Crippen molar-refractivity contribution >= 4 is 11.5 Å². The zero-order valence-corrected chi connectivity index (χ0v) is 11.1. The van der Waals surface area contributed by atoms with Crippen LogP contribution in [-0.4, -0.2) is 34.2 Å². The van der Waals surface area contributed by atoms with Gasteiger partial charge in [0.15, 0.2) is 0 Å². The van der Waals surface area contributed by atoms with E-state index in [1.54, 1.807) is 19.2 Å². The molecule has 0 spiro atoms. The van der Waals surface area contributed by atoms with Crippen LogP contribution < -0.4 is 4.90 Å². The van der Waals surface area contributed by atoms with Gasteiger partial charge in [-0.05, 0) is 38.2 Å². The van der Waals surface area contributed by atoms with E-state index >= 15 is 0 Å². The first kappa shape index (κ1) is 13.7. The molecule has 0 aromatic carbocycles. The number of aryl methyl sites for hydroxylation is 1. The van der Waals surface area contributed by atoms with Gasteiger partial charge in [0.2, 0.25) is 5.82 Å². The Morgan fingerprint density at radius 2 is 2.42 bits per heavy atom. The van der Waals surface area contributed by atoms with Gasteiger partial charge in [-0.2, -0.15) is 0 Å². The Kier molecular flexibility index (Phi) is 4.31. The summed E-state index contributed by atoms with van der Waals surface area (Å²) in [4.78, 5) is 17.1. The highest BCUT2D eigenvalue weighted by Gasteiger charge is 2.30. The number of hydrogen-bond acceptors (Lipinski definition) is 5. The lowest BCUT2D eigenvalue weighted by Crippen LogP contribution is -2.30. The molecule has 2 rings (SSSR count). The molecule has 104 valence electrons. The van der Waals surface area contributed by atoms with Crippen LogP contribution in [0.3, 0.4) is 0 Å². The van der Waals surface area contributed by atoms with E-state index in [0.29, 0.717) is 5.82 Å². The predicted molar refractivity (Wildman–Crippen MR) is 72.3 cm³/mol. The summed E-state index contributed by atoms with van der Waals surface area (Å²) in [5.74, 6) is 0.469. The van der Waals surface area contributed by atoms with Crippen LogP contribution in [0.4, 0.5) is 11.5 Å². The van der Waals surface area contributed by atoms with Crippen molar-refractivity contribution in [2.45, 2.75) is 38.6 Å². The Balaban J connectivity index is 2.27. The molecule has 1 aromatic heterocycles. The van der Waals surface area contributed by atoms with Crippen molar-refractivity contribution in [1.29, 1.82) is 0 Å². The number of hydrogen-bond donors (Lipinski definition) is 1. The van der Waals surface area contributed by atoms with E-state index in [1.807, 2.05) is 4.90 Å². The van der Waals surface area contributed by atoms with Gasteiger partial charge in [-0.15, -0.1) is 0 Å². The molecule has 0 aliphatic carbocycles. The molecule has 19 heavy (non-hydrogen) atoms. The van der Waals surface area contributed by atoms with E-state index in [9.17, 15) is 10.1 Å². The summed E-state index contributed by atoms with van der Waals surface area (Å²) in [7, 11) is 0. The summed E-state index contributed by atoms with van der Waals surface area (Å²) in [6, 6.07) is 1.82. The van der Waals surface area contributed by atoms with Crippen LogP contribution in [0.15, 0.2) is 12.3 Å². The molecule has 1 aromatic rings. The van der Waals surface area contributed by atoms with E-state index < -0.39 is 0 Å². The molecule has 6 nitrogen and oxygen atoms in total. The van der Waals surface area contributed by atoms with Crippen molar-refractivity contribution in [2.24, 2.45) is 0 Å². The van der Waals surface area contributed by atoms with Crippen molar-refractivity contribution in [3.8, 4) is 0 Å². The van der Waals surface area contributed by atoms with Crippen molar-refractivity contribution in [1.82, 2.24) is 4.98 Å².